The van der Waals surface area contributed by atoms with Crippen LogP contribution >= 0.6 is 0 Å². The Morgan fingerprint density at radius 1 is 0.897 bits per heavy atom. The molecule has 0 unspecified atom stereocenters. The van der Waals surface area contributed by atoms with E-state index in [1.54, 1.807) is 11.0 Å². The molecule has 2 aliphatic heterocycles. The zero-order valence-corrected chi connectivity index (χ0v) is 20.6. The molecule has 0 N–H and O–H groups in total. The molecule has 0 atom stereocenters. The molecule has 2 aliphatic rings. The first kappa shape index (κ1) is 32.2. The van der Waals surface area contributed by atoms with Gasteiger partial charge in [-0.15, -0.1) is 0 Å². The summed E-state index contributed by atoms with van der Waals surface area (Å²) in [6.45, 7) is 2.98. The number of ether oxygens (including phenoxy) is 1. The number of benzene rings is 1. The topological polar surface area (TPSA) is 70.2 Å². The second-order valence-electron chi connectivity index (χ2n) is 9.25. The Hall–Kier alpha value is -3.00. The molecule has 1 amide bonds. The summed E-state index contributed by atoms with van der Waals surface area (Å²) >= 11 is 0. The second kappa shape index (κ2) is 12.9. The zero-order valence-electron chi connectivity index (χ0n) is 20.6. The molecular weight excluding hydrogens is 553 g/mol. The zero-order chi connectivity index (χ0) is 29.6. The highest BCUT2D eigenvalue weighted by molar-refractivity contribution is 5.68. The summed E-state index contributed by atoms with van der Waals surface area (Å²) in [7, 11) is 0. The fraction of sp³-hybridized carbons (Fsp3) is 0.652. The molecule has 2 saturated heterocycles. The van der Waals surface area contributed by atoms with E-state index in [4.69, 9.17) is 9.59 Å². The van der Waals surface area contributed by atoms with E-state index in [2.05, 4.69) is 11.7 Å². The van der Waals surface area contributed by atoms with Gasteiger partial charge in [-0.2, -0.15) is 49.1 Å². The van der Waals surface area contributed by atoms with E-state index in [9.17, 15) is 44.3 Å². The number of anilines is 1. The predicted molar refractivity (Wildman–Crippen MR) is 116 cm³/mol. The van der Waals surface area contributed by atoms with Crippen molar-refractivity contribution in [3.63, 3.8) is 0 Å². The highest BCUT2D eigenvalue weighted by atomic mass is 19.4. The third-order valence-electron chi connectivity index (χ3n) is 6.30. The molecular formula is C23H26F9N3O4. The second-order valence-corrected chi connectivity index (χ2v) is 9.25. The van der Waals surface area contributed by atoms with Crippen LogP contribution in [0.2, 0.25) is 0 Å². The fourth-order valence-corrected chi connectivity index (χ4v) is 4.22. The highest BCUT2D eigenvalue weighted by Gasteiger charge is 2.60. The first-order valence-corrected chi connectivity index (χ1v) is 11.7. The van der Waals surface area contributed by atoms with Crippen LogP contribution in [0, 0.1) is 5.92 Å². The summed E-state index contributed by atoms with van der Waals surface area (Å²) in [5, 5.41) is 0. The van der Waals surface area contributed by atoms with Crippen LogP contribution in [0.4, 0.5) is 50.0 Å². The van der Waals surface area contributed by atoms with Gasteiger partial charge in [0.25, 0.3) is 6.10 Å². The van der Waals surface area contributed by atoms with Crippen LogP contribution in [0.5, 0.6) is 0 Å². The van der Waals surface area contributed by atoms with E-state index in [-0.39, 0.29) is 38.9 Å². The van der Waals surface area contributed by atoms with E-state index in [0.29, 0.717) is 35.2 Å². The lowest BCUT2D eigenvalue weighted by molar-refractivity contribution is -0.308. The Balaban J connectivity index is 0.00000170. The number of carbonyl (C=O) groups is 1. The number of nitrogens with zero attached hydrogens (tertiary/aromatic N) is 3. The number of rotatable bonds is 4. The highest BCUT2D eigenvalue weighted by Crippen LogP contribution is 2.37. The van der Waals surface area contributed by atoms with Gasteiger partial charge in [-0.25, -0.2) is 4.79 Å². The lowest BCUT2D eigenvalue weighted by Crippen LogP contribution is -2.52. The Kier molecular flexibility index (Phi) is 10.7. The van der Waals surface area contributed by atoms with Crippen LogP contribution in [0.15, 0.2) is 18.2 Å². The van der Waals surface area contributed by atoms with E-state index >= 15 is 0 Å². The van der Waals surface area contributed by atoms with Crippen LogP contribution in [-0.4, -0.2) is 79.8 Å². The van der Waals surface area contributed by atoms with E-state index in [0.717, 1.165) is 25.0 Å². The maximum Gasteiger partial charge on any atom is 0.434 e. The largest absolute Gasteiger partial charge is 0.434 e. The van der Waals surface area contributed by atoms with Crippen LogP contribution in [0.3, 0.4) is 0 Å². The van der Waals surface area contributed by atoms with Gasteiger partial charge in [-0.3, -0.25) is 4.90 Å². The third-order valence-corrected chi connectivity index (χ3v) is 6.30. The number of piperazine rings is 1. The van der Waals surface area contributed by atoms with Gasteiger partial charge in [0, 0.05) is 51.5 Å². The molecule has 1 aromatic rings. The normalized spacial score (nSPS) is 17.9. The number of hydrogen-bond donors (Lipinski definition) is 0. The number of halogens is 9. The van der Waals surface area contributed by atoms with Crippen molar-refractivity contribution in [3.05, 3.63) is 29.3 Å². The molecule has 3 rings (SSSR count). The molecule has 0 radical (unpaired) electrons. The van der Waals surface area contributed by atoms with E-state index < -0.39 is 36.3 Å². The summed E-state index contributed by atoms with van der Waals surface area (Å²) in [5.41, 5.74) is 0.00383. The van der Waals surface area contributed by atoms with E-state index in [1.807, 2.05) is 4.90 Å². The Morgan fingerprint density at radius 2 is 1.41 bits per heavy atom. The average molecular weight is 579 g/mol. The molecule has 0 spiro atoms. The molecule has 0 aliphatic carbocycles. The molecule has 0 saturated carbocycles. The SMILES string of the molecule is CC1CCN(c2cc(CN3CCN(C(=O)OC(C(F)(F)F)C(F)(F)F)CC3)cc(C(F)(F)F)c2)CC1.O=C=O. The van der Waals surface area contributed by atoms with Gasteiger partial charge in [0.15, 0.2) is 0 Å². The summed E-state index contributed by atoms with van der Waals surface area (Å²) in [5.74, 6) is 0.483. The molecule has 39 heavy (non-hydrogen) atoms. The quantitative estimate of drug-likeness (QED) is 0.463. The van der Waals surface area contributed by atoms with Crippen molar-refractivity contribution in [3.8, 4) is 0 Å². The number of piperidine rings is 1. The third kappa shape index (κ3) is 9.60. The van der Waals surface area contributed by atoms with Gasteiger partial charge < -0.3 is 14.5 Å². The van der Waals surface area contributed by atoms with Crippen LogP contribution in [-0.2, 0) is 27.0 Å². The smallest absolute Gasteiger partial charge is 0.426 e. The van der Waals surface area contributed by atoms with Gasteiger partial charge >= 0.3 is 30.8 Å². The van der Waals surface area contributed by atoms with Crippen molar-refractivity contribution in [2.75, 3.05) is 44.2 Å². The van der Waals surface area contributed by atoms with Crippen LogP contribution in [0.25, 0.3) is 0 Å². The number of amides is 1. The van der Waals surface area contributed by atoms with Crippen LogP contribution < -0.4 is 4.90 Å². The van der Waals surface area contributed by atoms with E-state index in [1.165, 1.54) is 0 Å². The maximum absolute atomic E-state index is 13.5. The summed E-state index contributed by atoms with van der Waals surface area (Å²) < 4.78 is 120. The monoisotopic (exact) mass is 579 g/mol. The number of alkyl halides is 9. The average Bonchev–Trinajstić information content (AvgIpc) is 2.81. The Bertz CT molecular complexity index is 978. The molecule has 16 heteroatoms. The van der Waals surface area contributed by atoms with Crippen molar-refractivity contribution >= 4 is 17.9 Å². The summed E-state index contributed by atoms with van der Waals surface area (Å²) in [4.78, 5) is 32.5. The first-order valence-electron chi connectivity index (χ1n) is 11.7. The summed E-state index contributed by atoms with van der Waals surface area (Å²) in [6, 6.07) is 3.78. The van der Waals surface area contributed by atoms with Gasteiger partial charge in [-0.1, -0.05) is 6.92 Å². The molecule has 7 nitrogen and oxygen atoms in total. The minimum atomic E-state index is -5.82. The maximum atomic E-state index is 13.5. The fourth-order valence-electron chi connectivity index (χ4n) is 4.22. The molecule has 2 fully saturated rings. The predicted octanol–water partition coefficient (Wildman–Crippen LogP) is 5.11. The molecule has 1 aromatic carbocycles. The lowest BCUT2D eigenvalue weighted by atomic mass is 9.98. The van der Waals surface area contributed by atoms with Crippen LogP contribution in [0.1, 0.15) is 30.9 Å². The standard InChI is InChI=1S/C22H26F9N3O2.CO2/c1-14-2-4-33(5-3-14)17-11-15(10-16(12-17)20(23,24)25)13-32-6-8-34(9-7-32)19(35)36-18(21(26,27)28)22(29,30)31;2-1-3/h10-12,14,18H,2-9,13H2,1H3;. The van der Waals surface area contributed by atoms with Crippen molar-refractivity contribution in [2.24, 2.45) is 5.92 Å². The Labute approximate surface area is 217 Å². The van der Waals surface area contributed by atoms with Gasteiger partial charge in [0.05, 0.1) is 5.56 Å². The van der Waals surface area contributed by atoms with Crippen molar-refractivity contribution in [2.45, 2.75) is 50.9 Å². The minimum absolute atomic E-state index is 0.0324. The first-order chi connectivity index (χ1) is 18.0. The van der Waals surface area contributed by atoms with Crippen molar-refractivity contribution in [1.82, 2.24) is 9.80 Å². The molecule has 0 aromatic heterocycles. The molecule has 0 bridgehead atoms. The van der Waals surface area contributed by atoms with Gasteiger partial charge in [0.1, 0.15) is 0 Å². The lowest BCUT2D eigenvalue weighted by Gasteiger charge is -2.36. The molecule has 220 valence electrons. The minimum Gasteiger partial charge on any atom is -0.426 e. The number of carbonyl (C=O) groups excluding carboxylic acids is 3. The summed E-state index contributed by atoms with van der Waals surface area (Å²) in [6.07, 6.45) is -20.2. The molecule has 2 heterocycles. The van der Waals surface area contributed by atoms with Gasteiger partial charge in [0.2, 0.25) is 0 Å². The van der Waals surface area contributed by atoms with Crippen molar-refractivity contribution in [1.29, 1.82) is 0 Å². The van der Waals surface area contributed by atoms with Gasteiger partial charge in [-0.05, 0) is 42.5 Å². The van der Waals surface area contributed by atoms with Crippen molar-refractivity contribution < 1.29 is 58.6 Å². The Morgan fingerprint density at radius 3 is 1.87 bits per heavy atom. The number of hydrogen-bond acceptors (Lipinski definition) is 6.